The zero-order chi connectivity index (χ0) is 11.3. The number of nitrogens with zero attached hydrogens (tertiary/aromatic N) is 2. The molecule has 0 fully saturated rings. The maximum absolute atomic E-state index is 8.78. The molecular weight excluding hydrogens is 184 g/mol. The maximum Gasteiger partial charge on any atom is 0.158 e. The lowest BCUT2D eigenvalue weighted by molar-refractivity contribution is 1.10. The molecule has 1 aromatic carbocycles. The summed E-state index contributed by atoms with van der Waals surface area (Å²) in [5.74, 6) is -0.733. The molecule has 0 saturated heterocycles. The Morgan fingerprint density at radius 3 is 1.80 bits per heavy atom. The van der Waals surface area contributed by atoms with Crippen molar-refractivity contribution < 1.29 is 0 Å². The average Bonchev–Trinajstić information content (AvgIpc) is 2.30. The summed E-state index contributed by atoms with van der Waals surface area (Å²) in [6, 6.07) is 9.36. The fourth-order valence-electron chi connectivity index (χ4n) is 1.28. The third-order valence-corrected chi connectivity index (χ3v) is 2.06. The zero-order valence-corrected chi connectivity index (χ0v) is 8.27. The van der Waals surface area contributed by atoms with Crippen molar-refractivity contribution in [3.05, 3.63) is 48.0 Å². The van der Waals surface area contributed by atoms with E-state index in [1.54, 1.807) is 24.3 Å². The van der Waals surface area contributed by atoms with Crippen LogP contribution in [0.5, 0.6) is 0 Å². The van der Waals surface area contributed by atoms with E-state index in [0.717, 1.165) is 11.1 Å². The van der Waals surface area contributed by atoms with Crippen LogP contribution in [0, 0.1) is 22.7 Å². The quantitative estimate of drug-likeness (QED) is 0.742. The van der Waals surface area contributed by atoms with E-state index < -0.39 is 5.92 Å². The van der Waals surface area contributed by atoms with Crippen LogP contribution in [0.1, 0.15) is 22.6 Å². The molecule has 0 spiro atoms. The summed E-state index contributed by atoms with van der Waals surface area (Å²) in [6.45, 7) is 7.32. The standard InChI is InChI=1S/C13H10N2/c1-3-10-5-11(4-2)7-12(6-10)13(8-14)9-15/h3-7,13H,1-2H2. The van der Waals surface area contributed by atoms with Crippen molar-refractivity contribution in [3.63, 3.8) is 0 Å². The Morgan fingerprint density at radius 2 is 1.47 bits per heavy atom. The molecule has 0 aliphatic carbocycles. The topological polar surface area (TPSA) is 47.6 Å². The Morgan fingerprint density at radius 1 is 1.00 bits per heavy atom. The van der Waals surface area contributed by atoms with Crippen LogP contribution in [0.25, 0.3) is 12.2 Å². The van der Waals surface area contributed by atoms with Crippen molar-refractivity contribution in [1.29, 1.82) is 10.5 Å². The Hall–Kier alpha value is -2.32. The number of benzene rings is 1. The Labute approximate surface area is 89.4 Å². The maximum atomic E-state index is 8.78. The SMILES string of the molecule is C=Cc1cc(C=C)cc(C(C#N)C#N)c1. The van der Waals surface area contributed by atoms with Crippen LogP contribution in [-0.4, -0.2) is 0 Å². The van der Waals surface area contributed by atoms with Gasteiger partial charge in [-0.25, -0.2) is 0 Å². The van der Waals surface area contributed by atoms with Gasteiger partial charge in [-0.05, 0) is 34.9 Å². The molecule has 0 aliphatic heterocycles. The summed E-state index contributed by atoms with van der Waals surface area (Å²) in [7, 11) is 0. The third kappa shape index (κ3) is 2.33. The number of hydrogen-bond donors (Lipinski definition) is 0. The van der Waals surface area contributed by atoms with Gasteiger partial charge in [-0.3, -0.25) is 0 Å². The predicted octanol–water partition coefficient (Wildman–Crippen LogP) is 3.10. The van der Waals surface area contributed by atoms with E-state index in [1.165, 1.54) is 0 Å². The van der Waals surface area contributed by atoms with Crippen LogP contribution in [0.3, 0.4) is 0 Å². The molecule has 0 aromatic heterocycles. The van der Waals surface area contributed by atoms with Crippen molar-refractivity contribution in [2.45, 2.75) is 5.92 Å². The lowest BCUT2D eigenvalue weighted by Crippen LogP contribution is -1.93. The first-order valence-electron chi connectivity index (χ1n) is 4.44. The predicted molar refractivity (Wildman–Crippen MR) is 60.6 cm³/mol. The second-order valence-corrected chi connectivity index (χ2v) is 3.03. The summed E-state index contributed by atoms with van der Waals surface area (Å²) < 4.78 is 0. The van der Waals surface area contributed by atoms with Crippen molar-refractivity contribution >= 4 is 12.2 Å². The van der Waals surface area contributed by atoms with Gasteiger partial charge >= 0.3 is 0 Å². The van der Waals surface area contributed by atoms with Crippen molar-refractivity contribution in [2.75, 3.05) is 0 Å². The first-order chi connectivity index (χ1) is 7.24. The van der Waals surface area contributed by atoms with Gasteiger partial charge in [0.15, 0.2) is 5.92 Å². The van der Waals surface area contributed by atoms with Gasteiger partial charge in [-0.15, -0.1) is 0 Å². The van der Waals surface area contributed by atoms with E-state index in [4.69, 9.17) is 10.5 Å². The number of hydrogen-bond acceptors (Lipinski definition) is 2. The zero-order valence-electron chi connectivity index (χ0n) is 8.27. The lowest BCUT2D eigenvalue weighted by Gasteiger charge is -2.04. The molecule has 0 unspecified atom stereocenters. The minimum absolute atomic E-state index is 0.687. The summed E-state index contributed by atoms with van der Waals surface area (Å²) in [4.78, 5) is 0. The first kappa shape index (κ1) is 10.8. The van der Waals surface area contributed by atoms with Crippen LogP contribution in [0.2, 0.25) is 0 Å². The average molecular weight is 194 g/mol. The highest BCUT2D eigenvalue weighted by atomic mass is 14.3. The highest BCUT2D eigenvalue weighted by Gasteiger charge is 2.09. The molecule has 0 atom stereocenters. The van der Waals surface area contributed by atoms with Gasteiger partial charge in [-0.2, -0.15) is 10.5 Å². The van der Waals surface area contributed by atoms with Gasteiger partial charge in [-0.1, -0.05) is 25.3 Å². The first-order valence-corrected chi connectivity index (χ1v) is 4.44. The summed E-state index contributed by atoms with van der Waals surface area (Å²) in [5, 5.41) is 17.6. The van der Waals surface area contributed by atoms with Gasteiger partial charge in [0, 0.05) is 0 Å². The second kappa shape index (κ2) is 4.79. The highest BCUT2D eigenvalue weighted by Crippen LogP contribution is 2.19. The molecule has 0 radical (unpaired) electrons. The van der Waals surface area contributed by atoms with E-state index >= 15 is 0 Å². The fraction of sp³-hybridized carbons (Fsp3) is 0.0769. The van der Waals surface area contributed by atoms with Crippen LogP contribution in [0.4, 0.5) is 0 Å². The molecule has 1 aromatic rings. The Balaban J connectivity index is 3.31. The molecule has 0 bridgehead atoms. The van der Waals surface area contributed by atoms with Crippen LogP contribution < -0.4 is 0 Å². The normalized spacial score (nSPS) is 9.00. The molecule has 72 valence electrons. The minimum atomic E-state index is -0.733. The van der Waals surface area contributed by atoms with Crippen LogP contribution >= 0.6 is 0 Å². The van der Waals surface area contributed by atoms with E-state index in [2.05, 4.69) is 13.2 Å². The molecule has 0 heterocycles. The second-order valence-electron chi connectivity index (χ2n) is 3.03. The van der Waals surface area contributed by atoms with Crippen molar-refractivity contribution in [2.24, 2.45) is 0 Å². The largest absolute Gasteiger partial charge is 0.196 e. The van der Waals surface area contributed by atoms with E-state index in [-0.39, 0.29) is 0 Å². The molecule has 0 amide bonds. The fourth-order valence-corrected chi connectivity index (χ4v) is 1.28. The van der Waals surface area contributed by atoms with Gasteiger partial charge in [0.05, 0.1) is 12.1 Å². The smallest absolute Gasteiger partial charge is 0.158 e. The number of nitriles is 2. The molecular formula is C13H10N2. The molecule has 1 rings (SSSR count). The van der Waals surface area contributed by atoms with Crippen molar-refractivity contribution in [1.82, 2.24) is 0 Å². The molecule has 0 N–H and O–H groups in total. The minimum Gasteiger partial charge on any atom is -0.196 e. The van der Waals surface area contributed by atoms with Crippen LogP contribution in [0.15, 0.2) is 31.4 Å². The molecule has 0 aliphatic rings. The van der Waals surface area contributed by atoms with Gasteiger partial charge in [0.1, 0.15) is 0 Å². The summed E-state index contributed by atoms with van der Waals surface area (Å²) >= 11 is 0. The monoisotopic (exact) mass is 194 g/mol. The summed E-state index contributed by atoms with van der Waals surface area (Å²) in [6.07, 6.45) is 3.37. The van der Waals surface area contributed by atoms with Crippen molar-refractivity contribution in [3.8, 4) is 12.1 Å². The summed E-state index contributed by atoms with van der Waals surface area (Å²) in [5.41, 5.74) is 2.46. The Bertz CT molecular complexity index is 432. The third-order valence-electron chi connectivity index (χ3n) is 2.06. The lowest BCUT2D eigenvalue weighted by atomic mass is 9.97. The van der Waals surface area contributed by atoms with Gasteiger partial charge in [0.25, 0.3) is 0 Å². The Kier molecular flexibility index (Phi) is 3.43. The van der Waals surface area contributed by atoms with Crippen LogP contribution in [-0.2, 0) is 0 Å². The molecule has 2 heteroatoms. The molecule has 2 nitrogen and oxygen atoms in total. The van der Waals surface area contributed by atoms with E-state index in [9.17, 15) is 0 Å². The highest BCUT2D eigenvalue weighted by molar-refractivity contribution is 5.59. The molecule has 0 saturated carbocycles. The van der Waals surface area contributed by atoms with E-state index in [0.29, 0.717) is 5.56 Å². The number of rotatable bonds is 3. The van der Waals surface area contributed by atoms with E-state index in [1.807, 2.05) is 18.2 Å². The van der Waals surface area contributed by atoms with Gasteiger partial charge < -0.3 is 0 Å². The molecule has 15 heavy (non-hydrogen) atoms. The van der Waals surface area contributed by atoms with Gasteiger partial charge in [0.2, 0.25) is 0 Å².